The Morgan fingerprint density at radius 2 is 1.70 bits per heavy atom. The minimum Gasteiger partial charge on any atom is -0.323 e. The summed E-state index contributed by atoms with van der Waals surface area (Å²) in [7, 11) is 0. The molecule has 1 aromatic heterocycles. The molecule has 0 aliphatic rings. The van der Waals surface area contributed by atoms with Crippen molar-refractivity contribution in [1.29, 1.82) is 0 Å². The average molecular weight is 282 g/mol. The quantitative estimate of drug-likeness (QED) is 0.715. The highest BCUT2D eigenvalue weighted by atomic mass is 32.1. The monoisotopic (exact) mass is 282 g/mol. The number of benzene rings is 2. The van der Waals surface area contributed by atoms with Gasteiger partial charge >= 0.3 is 0 Å². The van der Waals surface area contributed by atoms with E-state index in [0.717, 1.165) is 17.9 Å². The molecule has 0 unspecified atom stereocenters. The largest absolute Gasteiger partial charge is 0.323 e. The highest BCUT2D eigenvalue weighted by Crippen LogP contribution is 2.20. The number of aryl methyl sites for hydroxylation is 2. The van der Waals surface area contributed by atoms with Crippen molar-refractivity contribution in [3.63, 3.8) is 0 Å². The lowest BCUT2D eigenvalue weighted by atomic mass is 10.1. The molecular weight excluding hydrogens is 264 g/mol. The van der Waals surface area contributed by atoms with E-state index in [2.05, 4.69) is 73.5 Å². The minimum absolute atomic E-state index is 0.652. The Bertz CT molecular complexity index is 742. The standard InChI is InChI=1S/C17H18N2S/c1-12-3-6-14(7-4-12)10-19-16-8-5-13(2)9-15(16)18-17(19)11-20/h3-9,20H,10-11H2,1-2H3. The van der Waals surface area contributed by atoms with Crippen molar-refractivity contribution in [3.05, 3.63) is 65.0 Å². The summed E-state index contributed by atoms with van der Waals surface area (Å²) in [6.45, 7) is 5.05. The zero-order valence-electron chi connectivity index (χ0n) is 11.8. The number of thiol groups is 1. The lowest BCUT2D eigenvalue weighted by molar-refractivity contribution is 0.781. The van der Waals surface area contributed by atoms with Crippen LogP contribution in [-0.2, 0) is 12.3 Å². The third-order valence-electron chi connectivity index (χ3n) is 3.59. The van der Waals surface area contributed by atoms with E-state index in [1.54, 1.807) is 0 Å². The average Bonchev–Trinajstić information content (AvgIpc) is 2.78. The molecule has 0 fully saturated rings. The molecule has 0 spiro atoms. The molecule has 2 nitrogen and oxygen atoms in total. The smallest absolute Gasteiger partial charge is 0.119 e. The zero-order valence-corrected chi connectivity index (χ0v) is 12.7. The molecule has 2 aromatic carbocycles. The molecule has 3 heteroatoms. The second-order valence-electron chi connectivity index (χ2n) is 5.25. The van der Waals surface area contributed by atoms with Gasteiger partial charge < -0.3 is 4.57 Å². The molecule has 0 aliphatic heterocycles. The van der Waals surface area contributed by atoms with E-state index in [-0.39, 0.29) is 0 Å². The summed E-state index contributed by atoms with van der Waals surface area (Å²) in [5, 5.41) is 0. The first-order valence-corrected chi connectivity index (χ1v) is 7.43. The number of fused-ring (bicyclic) bond motifs is 1. The van der Waals surface area contributed by atoms with Crippen molar-refractivity contribution in [2.75, 3.05) is 0 Å². The Morgan fingerprint density at radius 1 is 1.00 bits per heavy atom. The summed E-state index contributed by atoms with van der Waals surface area (Å²) < 4.78 is 2.26. The molecule has 20 heavy (non-hydrogen) atoms. The van der Waals surface area contributed by atoms with Crippen LogP contribution in [0.5, 0.6) is 0 Å². The van der Waals surface area contributed by atoms with Crippen LogP contribution in [0.4, 0.5) is 0 Å². The van der Waals surface area contributed by atoms with E-state index in [4.69, 9.17) is 4.98 Å². The maximum absolute atomic E-state index is 4.69. The number of hydrogen-bond acceptors (Lipinski definition) is 2. The van der Waals surface area contributed by atoms with Crippen LogP contribution in [0, 0.1) is 13.8 Å². The molecular formula is C17H18N2S. The van der Waals surface area contributed by atoms with Crippen molar-refractivity contribution in [3.8, 4) is 0 Å². The van der Waals surface area contributed by atoms with E-state index < -0.39 is 0 Å². The Hall–Kier alpha value is -1.74. The van der Waals surface area contributed by atoms with Gasteiger partial charge in [-0.05, 0) is 37.1 Å². The fraction of sp³-hybridized carbons (Fsp3) is 0.235. The van der Waals surface area contributed by atoms with Crippen molar-refractivity contribution in [2.45, 2.75) is 26.1 Å². The van der Waals surface area contributed by atoms with E-state index >= 15 is 0 Å². The van der Waals surface area contributed by atoms with Gasteiger partial charge in [0.25, 0.3) is 0 Å². The van der Waals surface area contributed by atoms with Crippen LogP contribution in [-0.4, -0.2) is 9.55 Å². The van der Waals surface area contributed by atoms with E-state index in [1.807, 2.05) is 0 Å². The van der Waals surface area contributed by atoms with Gasteiger partial charge in [-0.3, -0.25) is 0 Å². The molecule has 0 radical (unpaired) electrons. The summed E-state index contributed by atoms with van der Waals surface area (Å²) >= 11 is 4.42. The first-order valence-electron chi connectivity index (χ1n) is 6.79. The first kappa shape index (κ1) is 13.3. The lowest BCUT2D eigenvalue weighted by Gasteiger charge is -2.08. The summed E-state index contributed by atoms with van der Waals surface area (Å²) in [5.41, 5.74) is 6.05. The summed E-state index contributed by atoms with van der Waals surface area (Å²) in [6.07, 6.45) is 0. The number of hydrogen-bond donors (Lipinski definition) is 1. The number of imidazole rings is 1. The molecule has 0 bridgehead atoms. The SMILES string of the molecule is Cc1ccc(Cn2c(CS)nc3cc(C)ccc32)cc1. The summed E-state index contributed by atoms with van der Waals surface area (Å²) in [4.78, 5) is 4.69. The summed E-state index contributed by atoms with van der Waals surface area (Å²) in [6, 6.07) is 15.1. The molecule has 0 amide bonds. The van der Waals surface area contributed by atoms with Crippen molar-refractivity contribution >= 4 is 23.7 Å². The fourth-order valence-corrected chi connectivity index (χ4v) is 2.70. The van der Waals surface area contributed by atoms with Gasteiger partial charge in [0.1, 0.15) is 5.82 Å². The summed E-state index contributed by atoms with van der Waals surface area (Å²) in [5.74, 6) is 1.68. The van der Waals surface area contributed by atoms with Crippen LogP contribution >= 0.6 is 12.6 Å². The maximum Gasteiger partial charge on any atom is 0.119 e. The zero-order chi connectivity index (χ0) is 14.1. The number of nitrogens with zero attached hydrogens (tertiary/aromatic N) is 2. The Labute approximate surface area is 124 Å². The Kier molecular flexibility index (Phi) is 3.53. The van der Waals surface area contributed by atoms with Crippen LogP contribution in [0.2, 0.25) is 0 Å². The van der Waals surface area contributed by atoms with Crippen molar-refractivity contribution in [1.82, 2.24) is 9.55 Å². The lowest BCUT2D eigenvalue weighted by Crippen LogP contribution is -2.03. The highest BCUT2D eigenvalue weighted by Gasteiger charge is 2.10. The molecule has 0 saturated carbocycles. The van der Waals surface area contributed by atoms with Gasteiger partial charge in [-0.25, -0.2) is 4.98 Å². The first-order chi connectivity index (χ1) is 9.67. The van der Waals surface area contributed by atoms with Crippen molar-refractivity contribution < 1.29 is 0 Å². The minimum atomic E-state index is 0.652. The van der Waals surface area contributed by atoms with E-state index in [0.29, 0.717) is 5.75 Å². The molecule has 1 heterocycles. The van der Waals surface area contributed by atoms with Gasteiger partial charge in [0.05, 0.1) is 11.0 Å². The molecule has 3 rings (SSSR count). The fourth-order valence-electron chi connectivity index (χ4n) is 2.46. The van der Waals surface area contributed by atoms with Crippen LogP contribution in [0.15, 0.2) is 42.5 Å². The van der Waals surface area contributed by atoms with Crippen LogP contribution in [0.1, 0.15) is 22.5 Å². The normalized spacial score (nSPS) is 11.2. The molecule has 0 aliphatic carbocycles. The van der Waals surface area contributed by atoms with Crippen LogP contribution in [0.3, 0.4) is 0 Å². The molecule has 102 valence electrons. The molecule has 0 N–H and O–H groups in total. The van der Waals surface area contributed by atoms with Crippen LogP contribution < -0.4 is 0 Å². The maximum atomic E-state index is 4.69. The van der Waals surface area contributed by atoms with Crippen LogP contribution in [0.25, 0.3) is 11.0 Å². The number of rotatable bonds is 3. The van der Waals surface area contributed by atoms with Gasteiger partial charge in [-0.1, -0.05) is 35.9 Å². The predicted molar refractivity (Wildman–Crippen MR) is 87.4 cm³/mol. The highest BCUT2D eigenvalue weighted by molar-refractivity contribution is 7.79. The molecule has 3 aromatic rings. The van der Waals surface area contributed by atoms with Gasteiger partial charge in [0.15, 0.2) is 0 Å². The van der Waals surface area contributed by atoms with Gasteiger partial charge in [-0.2, -0.15) is 12.6 Å². The Morgan fingerprint density at radius 3 is 2.40 bits per heavy atom. The van der Waals surface area contributed by atoms with Gasteiger partial charge in [0, 0.05) is 12.3 Å². The van der Waals surface area contributed by atoms with E-state index in [1.165, 1.54) is 22.2 Å². The Balaban J connectivity index is 2.07. The third kappa shape index (κ3) is 2.46. The van der Waals surface area contributed by atoms with Gasteiger partial charge in [-0.15, -0.1) is 0 Å². The van der Waals surface area contributed by atoms with E-state index in [9.17, 15) is 0 Å². The predicted octanol–water partition coefficient (Wildman–Crippen LogP) is 4.13. The molecule has 0 saturated heterocycles. The second kappa shape index (κ2) is 5.33. The van der Waals surface area contributed by atoms with Gasteiger partial charge in [0.2, 0.25) is 0 Å². The molecule has 0 atom stereocenters. The topological polar surface area (TPSA) is 17.8 Å². The number of aromatic nitrogens is 2. The second-order valence-corrected chi connectivity index (χ2v) is 5.57. The third-order valence-corrected chi connectivity index (χ3v) is 3.87. The van der Waals surface area contributed by atoms with Crippen molar-refractivity contribution in [2.24, 2.45) is 0 Å².